The Morgan fingerprint density at radius 1 is 1.53 bits per heavy atom. The number of anilines is 1. The van der Waals surface area contributed by atoms with Crippen LogP contribution < -0.4 is 5.32 Å². The number of hydrogen-bond donors (Lipinski definition) is 1. The van der Waals surface area contributed by atoms with Crippen LogP contribution in [-0.4, -0.2) is 12.2 Å². The van der Waals surface area contributed by atoms with Crippen molar-refractivity contribution in [3.63, 3.8) is 0 Å². The number of aryl methyl sites for hydroxylation is 1. The number of halogens is 1. The van der Waals surface area contributed by atoms with Crippen LogP contribution >= 0.6 is 11.6 Å². The van der Waals surface area contributed by atoms with Crippen LogP contribution in [0.5, 0.6) is 0 Å². The van der Waals surface area contributed by atoms with Crippen LogP contribution in [0.1, 0.15) is 18.4 Å². The maximum Gasteiger partial charge on any atom is 0.224 e. The summed E-state index contributed by atoms with van der Waals surface area (Å²) in [5, 5.41) is 3.28. The zero-order valence-corrected chi connectivity index (χ0v) is 9.17. The zero-order chi connectivity index (χ0) is 11.3. The molecule has 3 nitrogen and oxygen atoms in total. The number of hydrogen-bond acceptors (Lipinski definition) is 2. The predicted molar refractivity (Wildman–Crippen MR) is 60.1 cm³/mol. The van der Waals surface area contributed by atoms with Crippen LogP contribution in [0.25, 0.3) is 0 Å². The summed E-state index contributed by atoms with van der Waals surface area (Å²) in [5.74, 6) is -0.179. The SMILES string of the molecule is Cc1ccc(NC(=O)CCC=O)cc1Cl. The van der Waals surface area contributed by atoms with E-state index in [-0.39, 0.29) is 18.7 Å². The highest BCUT2D eigenvalue weighted by molar-refractivity contribution is 6.31. The maximum absolute atomic E-state index is 11.3. The van der Waals surface area contributed by atoms with E-state index in [1.54, 1.807) is 12.1 Å². The number of amides is 1. The molecule has 0 aliphatic rings. The molecular formula is C11H12ClNO2. The monoisotopic (exact) mass is 225 g/mol. The highest BCUT2D eigenvalue weighted by Crippen LogP contribution is 2.19. The normalized spacial score (nSPS) is 9.73. The molecule has 1 amide bonds. The summed E-state index contributed by atoms with van der Waals surface area (Å²) in [6.45, 7) is 1.89. The van der Waals surface area contributed by atoms with Gasteiger partial charge in [0.25, 0.3) is 0 Å². The fraction of sp³-hybridized carbons (Fsp3) is 0.273. The van der Waals surface area contributed by atoms with Crippen LogP contribution in [0.3, 0.4) is 0 Å². The second-order valence-electron chi connectivity index (χ2n) is 3.22. The Morgan fingerprint density at radius 3 is 2.87 bits per heavy atom. The molecule has 80 valence electrons. The summed E-state index contributed by atoms with van der Waals surface area (Å²) in [6, 6.07) is 5.30. The number of carbonyl (C=O) groups excluding carboxylic acids is 2. The van der Waals surface area contributed by atoms with Crippen molar-refractivity contribution in [1.29, 1.82) is 0 Å². The standard InChI is InChI=1S/C11H12ClNO2/c1-8-4-5-9(7-10(8)12)13-11(15)3-2-6-14/h4-7H,2-3H2,1H3,(H,13,15). The molecule has 4 heteroatoms. The number of benzene rings is 1. The van der Waals surface area contributed by atoms with Crippen molar-refractivity contribution in [3.8, 4) is 0 Å². The average molecular weight is 226 g/mol. The Bertz CT molecular complexity index is 377. The summed E-state index contributed by atoms with van der Waals surface area (Å²) in [5.41, 5.74) is 1.61. The summed E-state index contributed by atoms with van der Waals surface area (Å²) in [4.78, 5) is 21.3. The topological polar surface area (TPSA) is 46.2 Å². The van der Waals surface area contributed by atoms with Crippen molar-refractivity contribution in [3.05, 3.63) is 28.8 Å². The average Bonchev–Trinajstić information content (AvgIpc) is 2.20. The number of nitrogens with one attached hydrogen (secondary N) is 1. The molecule has 0 atom stereocenters. The molecule has 0 spiro atoms. The van der Waals surface area contributed by atoms with Crippen molar-refractivity contribution in [2.24, 2.45) is 0 Å². The third-order valence-corrected chi connectivity index (χ3v) is 2.35. The molecule has 0 radical (unpaired) electrons. The molecule has 1 N–H and O–H groups in total. The molecule has 0 aliphatic carbocycles. The molecule has 1 aromatic rings. The highest BCUT2D eigenvalue weighted by Gasteiger charge is 2.03. The molecule has 0 unspecified atom stereocenters. The minimum absolute atomic E-state index is 0.179. The third kappa shape index (κ3) is 3.72. The smallest absolute Gasteiger partial charge is 0.224 e. The van der Waals surface area contributed by atoms with Gasteiger partial charge < -0.3 is 10.1 Å². The van der Waals surface area contributed by atoms with E-state index in [0.29, 0.717) is 10.7 Å². The van der Waals surface area contributed by atoms with Gasteiger partial charge in [0.2, 0.25) is 5.91 Å². The van der Waals surface area contributed by atoms with E-state index in [1.165, 1.54) is 0 Å². The minimum atomic E-state index is -0.179. The first-order valence-electron chi connectivity index (χ1n) is 4.63. The van der Waals surface area contributed by atoms with Gasteiger partial charge in [0, 0.05) is 23.6 Å². The Hall–Kier alpha value is -1.35. The van der Waals surface area contributed by atoms with Gasteiger partial charge in [-0.2, -0.15) is 0 Å². The van der Waals surface area contributed by atoms with Gasteiger partial charge in [0.1, 0.15) is 6.29 Å². The van der Waals surface area contributed by atoms with Crippen LogP contribution in [0.15, 0.2) is 18.2 Å². The number of aldehydes is 1. The van der Waals surface area contributed by atoms with Crippen LogP contribution in [0.4, 0.5) is 5.69 Å². The fourth-order valence-corrected chi connectivity index (χ4v) is 1.26. The first kappa shape index (κ1) is 11.7. The molecule has 15 heavy (non-hydrogen) atoms. The molecule has 1 aromatic carbocycles. The first-order chi connectivity index (χ1) is 7.13. The van der Waals surface area contributed by atoms with Gasteiger partial charge in [0.15, 0.2) is 0 Å². The van der Waals surface area contributed by atoms with Gasteiger partial charge in [0.05, 0.1) is 0 Å². The molecule has 0 saturated heterocycles. The summed E-state index contributed by atoms with van der Waals surface area (Å²) in [6.07, 6.45) is 1.17. The molecule has 1 rings (SSSR count). The maximum atomic E-state index is 11.3. The van der Waals surface area contributed by atoms with E-state index in [1.807, 2.05) is 13.0 Å². The van der Waals surface area contributed by atoms with Gasteiger partial charge in [-0.1, -0.05) is 17.7 Å². The van der Waals surface area contributed by atoms with E-state index >= 15 is 0 Å². The Morgan fingerprint density at radius 2 is 2.27 bits per heavy atom. The lowest BCUT2D eigenvalue weighted by Crippen LogP contribution is -2.11. The molecule has 0 saturated carbocycles. The van der Waals surface area contributed by atoms with Crippen molar-refractivity contribution in [2.75, 3.05) is 5.32 Å². The van der Waals surface area contributed by atoms with Crippen molar-refractivity contribution in [1.82, 2.24) is 0 Å². The fourth-order valence-electron chi connectivity index (χ4n) is 1.08. The molecular weight excluding hydrogens is 214 g/mol. The predicted octanol–water partition coefficient (Wildman–Crippen LogP) is 2.57. The lowest BCUT2D eigenvalue weighted by molar-refractivity contribution is -0.118. The van der Waals surface area contributed by atoms with E-state index < -0.39 is 0 Å². The number of rotatable bonds is 4. The molecule has 0 aromatic heterocycles. The Balaban J connectivity index is 2.60. The molecule has 0 heterocycles. The Labute approximate surface area is 93.4 Å². The number of carbonyl (C=O) groups is 2. The van der Waals surface area contributed by atoms with Crippen LogP contribution in [0.2, 0.25) is 5.02 Å². The zero-order valence-electron chi connectivity index (χ0n) is 8.42. The molecule has 0 fully saturated rings. The summed E-state index contributed by atoms with van der Waals surface area (Å²) in [7, 11) is 0. The van der Waals surface area contributed by atoms with Gasteiger partial charge >= 0.3 is 0 Å². The minimum Gasteiger partial charge on any atom is -0.326 e. The van der Waals surface area contributed by atoms with E-state index in [9.17, 15) is 9.59 Å². The van der Waals surface area contributed by atoms with Crippen LogP contribution in [0, 0.1) is 6.92 Å². The second-order valence-corrected chi connectivity index (χ2v) is 3.62. The van der Waals surface area contributed by atoms with Gasteiger partial charge in [-0.25, -0.2) is 0 Å². The molecule has 0 bridgehead atoms. The highest BCUT2D eigenvalue weighted by atomic mass is 35.5. The van der Waals surface area contributed by atoms with Crippen molar-refractivity contribution in [2.45, 2.75) is 19.8 Å². The summed E-state index contributed by atoms with van der Waals surface area (Å²) < 4.78 is 0. The summed E-state index contributed by atoms with van der Waals surface area (Å²) >= 11 is 5.89. The lowest BCUT2D eigenvalue weighted by atomic mass is 10.2. The Kier molecular flexibility index (Phi) is 4.31. The third-order valence-electron chi connectivity index (χ3n) is 1.94. The van der Waals surface area contributed by atoms with E-state index in [0.717, 1.165) is 11.8 Å². The van der Waals surface area contributed by atoms with E-state index in [2.05, 4.69) is 5.32 Å². The van der Waals surface area contributed by atoms with Crippen molar-refractivity contribution < 1.29 is 9.59 Å². The van der Waals surface area contributed by atoms with Gasteiger partial charge in [-0.15, -0.1) is 0 Å². The van der Waals surface area contributed by atoms with Crippen molar-refractivity contribution >= 4 is 29.5 Å². The lowest BCUT2D eigenvalue weighted by Gasteiger charge is -2.05. The largest absolute Gasteiger partial charge is 0.326 e. The second kappa shape index (κ2) is 5.51. The first-order valence-corrected chi connectivity index (χ1v) is 5.01. The van der Waals surface area contributed by atoms with Gasteiger partial charge in [-0.3, -0.25) is 4.79 Å². The van der Waals surface area contributed by atoms with E-state index in [4.69, 9.17) is 11.6 Å². The molecule has 0 aliphatic heterocycles. The quantitative estimate of drug-likeness (QED) is 0.801. The van der Waals surface area contributed by atoms with Crippen LogP contribution in [-0.2, 0) is 9.59 Å². The van der Waals surface area contributed by atoms with Gasteiger partial charge in [-0.05, 0) is 24.6 Å².